The Morgan fingerprint density at radius 1 is 1.48 bits per heavy atom. The van der Waals surface area contributed by atoms with E-state index in [0.29, 0.717) is 32.0 Å². The first kappa shape index (κ1) is 21.8. The van der Waals surface area contributed by atoms with Crippen molar-refractivity contribution in [3.63, 3.8) is 0 Å². The number of aliphatic imine (C=N–C) groups is 1. The monoisotopic (exact) mass is 451 g/mol. The average molecular weight is 451 g/mol. The van der Waals surface area contributed by atoms with Crippen molar-refractivity contribution in [1.29, 1.82) is 0 Å². The summed E-state index contributed by atoms with van der Waals surface area (Å²) in [5.74, 6) is 0.686. The van der Waals surface area contributed by atoms with Crippen LogP contribution >= 0.6 is 35.3 Å². The van der Waals surface area contributed by atoms with Crippen molar-refractivity contribution in [3.8, 4) is 0 Å². The summed E-state index contributed by atoms with van der Waals surface area (Å²) in [6.07, 6.45) is 2.17. The Bertz CT molecular complexity index is 516. The van der Waals surface area contributed by atoms with E-state index < -0.39 is 0 Å². The fourth-order valence-electron chi connectivity index (χ4n) is 1.65. The Morgan fingerprint density at radius 2 is 2.22 bits per heavy atom. The molecule has 0 bridgehead atoms. The minimum Gasteiger partial charge on any atom is -0.356 e. The van der Waals surface area contributed by atoms with Crippen molar-refractivity contribution in [3.05, 3.63) is 28.7 Å². The molecule has 0 fully saturated rings. The molecule has 23 heavy (non-hydrogen) atoms. The molecule has 0 aliphatic rings. The van der Waals surface area contributed by atoms with Crippen LogP contribution in [0.15, 0.2) is 23.0 Å². The summed E-state index contributed by atoms with van der Waals surface area (Å²) in [6.45, 7) is 11.2. The van der Waals surface area contributed by atoms with E-state index in [0.717, 1.165) is 10.7 Å². The Kier molecular flexibility index (Phi) is 11.7. The lowest BCUT2D eigenvalue weighted by Crippen LogP contribution is -2.40. The second-order valence-corrected chi connectivity index (χ2v) is 6.06. The second-order valence-electron chi connectivity index (χ2n) is 5.12. The van der Waals surface area contributed by atoms with Gasteiger partial charge in [0.25, 0.3) is 0 Å². The van der Waals surface area contributed by atoms with Gasteiger partial charge in [-0.1, -0.05) is 6.08 Å². The Balaban J connectivity index is 0.00000484. The highest BCUT2D eigenvalue weighted by atomic mass is 127. The second kappa shape index (κ2) is 12.3. The van der Waals surface area contributed by atoms with E-state index >= 15 is 0 Å². The van der Waals surface area contributed by atoms with E-state index in [4.69, 9.17) is 0 Å². The Hall–Kier alpha value is -1.16. The van der Waals surface area contributed by atoms with Crippen molar-refractivity contribution in [2.24, 2.45) is 4.99 Å². The Labute approximate surface area is 159 Å². The Morgan fingerprint density at radius 3 is 2.78 bits per heavy atom. The summed E-state index contributed by atoms with van der Waals surface area (Å²) in [7, 11) is 0. The molecule has 6 nitrogen and oxygen atoms in total. The minimum absolute atomic E-state index is 0. The van der Waals surface area contributed by atoms with Gasteiger partial charge in [0.15, 0.2) is 5.96 Å². The highest BCUT2D eigenvalue weighted by Crippen LogP contribution is 2.09. The molecule has 0 atom stereocenters. The summed E-state index contributed by atoms with van der Waals surface area (Å²) in [6, 6.07) is 0.160. The van der Waals surface area contributed by atoms with Gasteiger partial charge in [0.2, 0.25) is 5.91 Å². The zero-order valence-corrected chi connectivity index (χ0v) is 17.0. The summed E-state index contributed by atoms with van der Waals surface area (Å²) in [5, 5.41) is 12.1. The third-order valence-corrected chi connectivity index (χ3v) is 3.50. The maximum atomic E-state index is 11.6. The van der Waals surface area contributed by atoms with Crippen LogP contribution in [0.5, 0.6) is 0 Å². The van der Waals surface area contributed by atoms with Gasteiger partial charge in [0.05, 0.1) is 6.54 Å². The number of rotatable bonds is 8. The number of hydrogen-bond acceptors (Lipinski definition) is 4. The number of thiazole rings is 1. The van der Waals surface area contributed by atoms with Crippen LogP contribution in [0, 0.1) is 6.92 Å². The van der Waals surface area contributed by atoms with Crippen molar-refractivity contribution < 1.29 is 4.79 Å². The van der Waals surface area contributed by atoms with Crippen LogP contribution in [0.25, 0.3) is 0 Å². The van der Waals surface area contributed by atoms with Gasteiger partial charge in [-0.15, -0.1) is 41.9 Å². The van der Waals surface area contributed by atoms with Crippen molar-refractivity contribution in [2.45, 2.75) is 39.8 Å². The standard InChI is InChI=1S/C15H25N5OS.HI/c1-5-7-16-15(17-8-6-13(21)19-11(2)3)18-9-14-20-12(4)10-22-14;/h5,10-11H,1,6-9H2,2-4H3,(H,19,21)(H2,16,17,18);1H. The minimum atomic E-state index is 0. The van der Waals surface area contributed by atoms with Crippen LogP contribution in [0.1, 0.15) is 31.0 Å². The molecule has 0 aromatic carbocycles. The zero-order chi connectivity index (χ0) is 16.4. The number of carbonyl (C=O) groups is 1. The maximum absolute atomic E-state index is 11.6. The summed E-state index contributed by atoms with van der Waals surface area (Å²) >= 11 is 1.59. The first-order valence-electron chi connectivity index (χ1n) is 7.34. The number of hydrogen-bond donors (Lipinski definition) is 3. The molecular formula is C15H26IN5OS. The molecule has 1 aromatic heterocycles. The van der Waals surface area contributed by atoms with Crippen LogP contribution < -0.4 is 16.0 Å². The average Bonchev–Trinajstić information content (AvgIpc) is 2.86. The number of aryl methyl sites for hydroxylation is 1. The molecule has 0 radical (unpaired) electrons. The van der Waals surface area contributed by atoms with E-state index in [2.05, 4.69) is 32.5 Å². The molecule has 3 N–H and O–H groups in total. The molecular weight excluding hydrogens is 425 g/mol. The number of nitrogens with zero attached hydrogens (tertiary/aromatic N) is 2. The van der Waals surface area contributed by atoms with Gasteiger partial charge in [0, 0.05) is 36.6 Å². The zero-order valence-electron chi connectivity index (χ0n) is 13.9. The normalized spacial score (nSPS) is 10.9. The van der Waals surface area contributed by atoms with Crippen molar-refractivity contribution >= 4 is 47.2 Å². The number of carbonyl (C=O) groups excluding carboxylic acids is 1. The summed E-state index contributed by atoms with van der Waals surface area (Å²) in [4.78, 5) is 20.4. The van der Waals surface area contributed by atoms with Gasteiger partial charge in [-0.3, -0.25) is 4.79 Å². The van der Waals surface area contributed by atoms with E-state index in [-0.39, 0.29) is 35.9 Å². The van der Waals surface area contributed by atoms with Crippen LogP contribution in [0.2, 0.25) is 0 Å². The van der Waals surface area contributed by atoms with Crippen LogP contribution in [0.4, 0.5) is 0 Å². The van der Waals surface area contributed by atoms with Crippen LogP contribution in [-0.2, 0) is 11.3 Å². The molecule has 1 amide bonds. The molecule has 130 valence electrons. The molecule has 0 aliphatic carbocycles. The van der Waals surface area contributed by atoms with E-state index in [1.165, 1.54) is 0 Å². The fourth-order valence-corrected chi connectivity index (χ4v) is 2.35. The number of amides is 1. The lowest BCUT2D eigenvalue weighted by atomic mass is 10.3. The molecule has 0 saturated carbocycles. The molecule has 0 unspecified atom stereocenters. The van der Waals surface area contributed by atoms with Crippen LogP contribution in [-0.4, -0.2) is 36.0 Å². The quantitative estimate of drug-likeness (QED) is 0.245. The molecule has 0 spiro atoms. The summed E-state index contributed by atoms with van der Waals surface area (Å²) in [5.41, 5.74) is 1.01. The predicted octanol–water partition coefficient (Wildman–Crippen LogP) is 2.21. The largest absolute Gasteiger partial charge is 0.356 e. The van der Waals surface area contributed by atoms with Crippen molar-refractivity contribution in [1.82, 2.24) is 20.9 Å². The highest BCUT2D eigenvalue weighted by molar-refractivity contribution is 14.0. The van der Waals surface area contributed by atoms with Gasteiger partial charge in [-0.05, 0) is 20.8 Å². The van der Waals surface area contributed by atoms with Gasteiger partial charge in [-0.25, -0.2) is 9.98 Å². The summed E-state index contributed by atoms with van der Waals surface area (Å²) < 4.78 is 0. The van der Waals surface area contributed by atoms with Gasteiger partial charge in [-0.2, -0.15) is 0 Å². The molecule has 1 aromatic rings. The number of halogens is 1. The highest BCUT2D eigenvalue weighted by Gasteiger charge is 2.04. The van der Waals surface area contributed by atoms with Gasteiger partial charge < -0.3 is 16.0 Å². The topological polar surface area (TPSA) is 78.4 Å². The smallest absolute Gasteiger partial charge is 0.221 e. The molecule has 1 heterocycles. The SMILES string of the molecule is C=CCNC(=NCc1nc(C)cs1)NCCC(=O)NC(C)C.I. The van der Waals surface area contributed by atoms with E-state index in [1.54, 1.807) is 17.4 Å². The van der Waals surface area contributed by atoms with Gasteiger partial charge in [0.1, 0.15) is 5.01 Å². The fraction of sp³-hybridized carbons (Fsp3) is 0.533. The first-order valence-corrected chi connectivity index (χ1v) is 8.22. The number of guanidine groups is 1. The predicted molar refractivity (Wildman–Crippen MR) is 108 cm³/mol. The maximum Gasteiger partial charge on any atom is 0.221 e. The third kappa shape index (κ3) is 10.3. The number of aromatic nitrogens is 1. The van der Waals surface area contributed by atoms with Crippen LogP contribution in [0.3, 0.4) is 0 Å². The molecule has 8 heteroatoms. The molecule has 1 rings (SSSR count). The molecule has 0 saturated heterocycles. The van der Waals surface area contributed by atoms with Gasteiger partial charge >= 0.3 is 0 Å². The third-order valence-electron chi connectivity index (χ3n) is 2.55. The van der Waals surface area contributed by atoms with Crippen molar-refractivity contribution in [2.75, 3.05) is 13.1 Å². The van der Waals surface area contributed by atoms with E-state index in [1.807, 2.05) is 26.2 Å². The lowest BCUT2D eigenvalue weighted by molar-refractivity contribution is -0.121. The first-order chi connectivity index (χ1) is 10.5. The number of nitrogens with one attached hydrogen (secondary N) is 3. The molecule has 0 aliphatic heterocycles. The lowest BCUT2D eigenvalue weighted by Gasteiger charge is -2.12. The van der Waals surface area contributed by atoms with E-state index in [9.17, 15) is 4.79 Å².